The SMILES string of the molecule is C=CCO[C@@]12Oc3ccc(OC(=O)Nc4ccc(OC)cc4OC)cc3[C@H]3[C@H](CCCCO)[C@@H](CCCCO)C=C(C(=NOCc4ccc([N+](=O)[O-])cc4)C[C@@H]1N(CCC)S(=O)(=O)c1cccc4cccnc14)[C@H]32. The van der Waals surface area contributed by atoms with Gasteiger partial charge in [0, 0.05) is 67.4 Å². The maximum atomic E-state index is 15.7. The average Bonchev–Trinajstić information content (AvgIpc) is 3.40. The van der Waals surface area contributed by atoms with E-state index in [4.69, 9.17) is 33.7 Å². The van der Waals surface area contributed by atoms with Crippen LogP contribution in [0.5, 0.6) is 23.0 Å². The number of anilines is 1. The van der Waals surface area contributed by atoms with Crippen molar-refractivity contribution in [2.75, 3.05) is 45.9 Å². The zero-order chi connectivity index (χ0) is 52.4. The predicted molar refractivity (Wildman–Crippen MR) is 278 cm³/mol. The minimum Gasteiger partial charge on any atom is -0.497 e. The number of allylic oxidation sites excluding steroid dienone is 1. The molecule has 1 aliphatic heterocycles. The zero-order valence-corrected chi connectivity index (χ0v) is 42.6. The van der Waals surface area contributed by atoms with Gasteiger partial charge in [-0.15, -0.1) is 6.58 Å². The number of oxime groups is 1. The molecule has 0 radical (unpaired) electrons. The number of nitro groups is 1. The Labute approximate surface area is 430 Å². The van der Waals surface area contributed by atoms with Crippen molar-refractivity contribution in [1.82, 2.24) is 9.29 Å². The van der Waals surface area contributed by atoms with E-state index in [9.17, 15) is 25.1 Å². The molecular formula is C55H63N5O13S. The van der Waals surface area contributed by atoms with Gasteiger partial charge in [0.05, 0.1) is 54.6 Å². The maximum absolute atomic E-state index is 15.7. The molecule has 5 aromatic rings. The first-order valence-corrected chi connectivity index (χ1v) is 26.3. The van der Waals surface area contributed by atoms with Gasteiger partial charge in [0.25, 0.3) is 5.69 Å². The Morgan fingerprint density at radius 2 is 1.74 bits per heavy atom. The van der Waals surface area contributed by atoms with E-state index < -0.39 is 44.7 Å². The molecule has 392 valence electrons. The Kier molecular flexibility index (Phi) is 17.3. The van der Waals surface area contributed by atoms with E-state index in [0.29, 0.717) is 101 Å². The van der Waals surface area contributed by atoms with E-state index in [-0.39, 0.29) is 67.6 Å². The van der Waals surface area contributed by atoms with Crippen LogP contribution >= 0.6 is 0 Å². The van der Waals surface area contributed by atoms with Gasteiger partial charge < -0.3 is 38.7 Å². The summed E-state index contributed by atoms with van der Waals surface area (Å²) in [6.45, 7) is 5.84. The summed E-state index contributed by atoms with van der Waals surface area (Å²) in [5, 5.41) is 39.8. The Balaban J connectivity index is 1.32. The van der Waals surface area contributed by atoms with Gasteiger partial charge in [-0.3, -0.25) is 20.4 Å². The highest BCUT2D eigenvalue weighted by Crippen LogP contribution is 2.62. The number of aliphatic hydroxyl groups is 2. The van der Waals surface area contributed by atoms with Gasteiger partial charge in [-0.25, -0.2) is 13.2 Å². The Morgan fingerprint density at radius 1 is 0.986 bits per heavy atom. The largest absolute Gasteiger partial charge is 0.497 e. The molecule has 19 heteroatoms. The van der Waals surface area contributed by atoms with Gasteiger partial charge in [0.2, 0.25) is 15.8 Å². The number of carbonyl (C=O) groups is 1. The van der Waals surface area contributed by atoms with Crippen LogP contribution in [-0.2, 0) is 26.2 Å². The molecule has 1 amide bonds. The van der Waals surface area contributed by atoms with Gasteiger partial charge in [0.1, 0.15) is 34.5 Å². The van der Waals surface area contributed by atoms with Crippen LogP contribution in [0.3, 0.4) is 0 Å². The molecule has 6 atom stereocenters. The van der Waals surface area contributed by atoms with Crippen molar-refractivity contribution < 1.29 is 56.9 Å². The van der Waals surface area contributed by atoms with Crippen LogP contribution in [-0.4, -0.2) is 97.1 Å². The summed E-state index contributed by atoms with van der Waals surface area (Å²) in [5.41, 5.74) is 3.04. The lowest BCUT2D eigenvalue weighted by Gasteiger charge is -2.59. The topological polar surface area (TPSA) is 231 Å². The molecule has 1 fully saturated rings. The smallest absolute Gasteiger partial charge is 0.417 e. The summed E-state index contributed by atoms with van der Waals surface area (Å²) in [6.07, 6.45) is 8.63. The summed E-state index contributed by atoms with van der Waals surface area (Å²) in [4.78, 5) is 35.4. The predicted octanol–water partition coefficient (Wildman–Crippen LogP) is 9.71. The number of non-ortho nitro benzene ring substituents is 1. The third kappa shape index (κ3) is 11.1. The number of ether oxygens (including phenoxy) is 5. The van der Waals surface area contributed by atoms with Crippen LogP contribution in [0.4, 0.5) is 16.2 Å². The molecular weight excluding hydrogens is 971 g/mol. The zero-order valence-electron chi connectivity index (χ0n) is 41.8. The summed E-state index contributed by atoms with van der Waals surface area (Å²) in [7, 11) is -1.43. The number of pyridine rings is 1. The average molecular weight is 1030 g/mol. The third-order valence-corrected chi connectivity index (χ3v) is 16.0. The van der Waals surface area contributed by atoms with Crippen LogP contribution in [0.25, 0.3) is 10.9 Å². The molecule has 4 aromatic carbocycles. The van der Waals surface area contributed by atoms with Crippen molar-refractivity contribution in [1.29, 1.82) is 0 Å². The van der Waals surface area contributed by atoms with Gasteiger partial charge in [-0.2, -0.15) is 4.31 Å². The highest BCUT2D eigenvalue weighted by atomic mass is 32.2. The Bertz CT molecular complexity index is 2980. The molecule has 3 aliphatic rings. The summed E-state index contributed by atoms with van der Waals surface area (Å²) < 4.78 is 64.1. The number of carbonyl (C=O) groups excluding carboxylic acids is 1. The monoisotopic (exact) mass is 1030 g/mol. The van der Waals surface area contributed by atoms with Crippen molar-refractivity contribution in [2.24, 2.45) is 22.9 Å². The van der Waals surface area contributed by atoms with Crippen LogP contribution < -0.4 is 24.3 Å². The molecule has 0 bridgehead atoms. The fourth-order valence-corrected chi connectivity index (χ4v) is 12.7. The fourth-order valence-electron chi connectivity index (χ4n) is 10.8. The highest BCUT2D eigenvalue weighted by molar-refractivity contribution is 7.89. The third-order valence-electron chi connectivity index (χ3n) is 14.0. The van der Waals surface area contributed by atoms with Crippen LogP contribution in [0, 0.1) is 27.9 Å². The van der Waals surface area contributed by atoms with Gasteiger partial charge in [-0.05, 0) is 110 Å². The quantitative estimate of drug-likeness (QED) is 0.0226. The second-order valence-electron chi connectivity index (χ2n) is 18.5. The molecule has 18 nitrogen and oxygen atoms in total. The molecule has 0 unspecified atom stereocenters. The molecule has 2 heterocycles. The number of unbranched alkanes of at least 4 members (excludes halogenated alkanes) is 2. The van der Waals surface area contributed by atoms with E-state index in [1.165, 1.54) is 30.7 Å². The summed E-state index contributed by atoms with van der Waals surface area (Å²) in [6, 6.07) is 23.5. The molecule has 8 rings (SSSR count). The Hall–Kier alpha value is -6.90. The minimum atomic E-state index is -4.43. The van der Waals surface area contributed by atoms with Gasteiger partial charge in [-0.1, -0.05) is 55.3 Å². The minimum absolute atomic E-state index is 0.00367. The van der Waals surface area contributed by atoms with Crippen molar-refractivity contribution >= 4 is 44.1 Å². The number of nitrogens with one attached hydrogen (secondary N) is 1. The standard InChI is InChI=1S/C55H63N5O13S/c1-5-27-59(74(66,67)49-17-11-14-37-15-12-26-56-53(37)49)50-34-46(58-71-35-36-18-20-39(21-19-36)60(64)65)43-31-38(13-7-9-28-61)42(16-8-10-29-62)51-44-32-41(23-25-47(44)73-55(50,52(43)51)70-30-6-2)72-54(63)57-45-24-22-40(68-3)33-48(45)69-4/h6,11-12,14-15,17-26,31-33,38,42,50-52,61-62H,2,5,7-10,13,16,27-30,34-35H2,1,3-4H3,(H,57,63)/t38-,42+,50-,51+,52+,55+/m0/s1. The summed E-state index contributed by atoms with van der Waals surface area (Å²) in [5.74, 6) is -1.88. The maximum Gasteiger partial charge on any atom is 0.417 e. The van der Waals surface area contributed by atoms with E-state index in [1.54, 1.807) is 79.0 Å². The van der Waals surface area contributed by atoms with Crippen LogP contribution in [0.15, 0.2) is 132 Å². The number of amides is 1. The number of para-hydroxylation sites is 1. The normalized spacial score (nSPS) is 21.5. The van der Waals surface area contributed by atoms with Crippen molar-refractivity contribution in [3.05, 3.63) is 143 Å². The first kappa shape index (κ1) is 53.4. The van der Waals surface area contributed by atoms with Gasteiger partial charge in [0.15, 0.2) is 0 Å². The molecule has 0 spiro atoms. The number of nitro benzene ring substituents is 1. The number of aliphatic hydroxyl groups excluding tert-OH is 2. The number of rotatable bonds is 24. The van der Waals surface area contributed by atoms with Crippen LogP contribution in [0.2, 0.25) is 0 Å². The lowest BCUT2D eigenvalue weighted by Crippen LogP contribution is -2.70. The molecule has 2 aliphatic carbocycles. The fraction of sp³-hybridized carbons (Fsp3) is 0.400. The van der Waals surface area contributed by atoms with Gasteiger partial charge >= 0.3 is 6.09 Å². The van der Waals surface area contributed by atoms with Crippen molar-refractivity contribution in [3.63, 3.8) is 0 Å². The van der Waals surface area contributed by atoms with E-state index >= 15 is 8.42 Å². The number of hydrogen-bond donors (Lipinski definition) is 3. The van der Waals surface area contributed by atoms with E-state index in [2.05, 4.69) is 23.0 Å². The number of sulfonamides is 1. The molecule has 1 aromatic heterocycles. The van der Waals surface area contributed by atoms with E-state index in [1.807, 2.05) is 19.1 Å². The van der Waals surface area contributed by atoms with Crippen molar-refractivity contribution in [2.45, 2.75) is 87.5 Å². The second-order valence-corrected chi connectivity index (χ2v) is 20.4. The number of hydrogen-bond acceptors (Lipinski definition) is 15. The number of benzene rings is 4. The van der Waals surface area contributed by atoms with Crippen molar-refractivity contribution in [3.8, 4) is 23.0 Å². The van der Waals surface area contributed by atoms with Crippen LogP contribution in [0.1, 0.15) is 75.3 Å². The Morgan fingerprint density at radius 3 is 2.46 bits per heavy atom. The number of aromatic nitrogens is 1. The highest BCUT2D eigenvalue weighted by Gasteiger charge is 2.66. The molecule has 74 heavy (non-hydrogen) atoms. The number of methoxy groups -OCH3 is 2. The summed E-state index contributed by atoms with van der Waals surface area (Å²) >= 11 is 0. The molecule has 3 N–H and O–H groups in total. The molecule has 1 saturated carbocycles. The first-order valence-electron chi connectivity index (χ1n) is 24.9. The first-order chi connectivity index (χ1) is 35.9. The number of nitrogens with zero attached hydrogens (tertiary/aromatic N) is 4. The lowest BCUT2D eigenvalue weighted by molar-refractivity contribution is -0.384. The van der Waals surface area contributed by atoms with E-state index in [0.717, 1.165) is 0 Å². The number of fused-ring (bicyclic) bond motifs is 3. The molecule has 0 saturated heterocycles. The lowest BCUT2D eigenvalue weighted by atomic mass is 9.55. The second kappa shape index (κ2) is 24.0.